The molecule has 54 valence electrons. The molecule has 0 aliphatic carbocycles. The molecule has 1 heterocycles. The van der Waals surface area contributed by atoms with E-state index >= 15 is 0 Å². The van der Waals surface area contributed by atoms with E-state index in [9.17, 15) is 0 Å². The van der Waals surface area contributed by atoms with Gasteiger partial charge < -0.3 is 5.73 Å². The molecule has 0 fully saturated rings. The van der Waals surface area contributed by atoms with Crippen molar-refractivity contribution in [3.8, 4) is 0 Å². The summed E-state index contributed by atoms with van der Waals surface area (Å²) in [5, 5.41) is 0. The zero-order chi connectivity index (χ0) is 8.27. The Morgan fingerprint density at radius 3 is 3.20 bits per heavy atom. The molecular formula is C8H12N2. The van der Waals surface area contributed by atoms with Crippen LogP contribution >= 0.6 is 0 Å². The van der Waals surface area contributed by atoms with Gasteiger partial charge >= 0.3 is 0 Å². The molecule has 1 aromatic rings. The van der Waals surface area contributed by atoms with Crippen LogP contribution in [0.3, 0.4) is 0 Å². The first kappa shape index (κ1) is 5.86. The molecule has 0 spiro atoms. The number of rotatable bonds is 2. The number of hydrogen-bond acceptors (Lipinski definition) is 2. The maximum Gasteiger partial charge on any atom is 0.0375 e. The van der Waals surface area contributed by atoms with Crippen molar-refractivity contribution in [2.45, 2.75) is 13.3 Å². The van der Waals surface area contributed by atoms with Gasteiger partial charge in [0.2, 0.25) is 0 Å². The minimum atomic E-state index is -0.309. The molecule has 0 saturated carbocycles. The van der Waals surface area contributed by atoms with Crippen molar-refractivity contribution in [1.82, 2.24) is 4.98 Å². The molecule has 2 nitrogen and oxygen atoms in total. The smallest absolute Gasteiger partial charge is 0.0375 e. The second-order valence-corrected chi connectivity index (χ2v) is 2.17. The number of aryl methyl sites for hydroxylation is 1. The van der Waals surface area contributed by atoms with Crippen molar-refractivity contribution in [3.63, 3.8) is 0 Å². The highest BCUT2D eigenvalue weighted by atomic mass is 14.6. The summed E-state index contributed by atoms with van der Waals surface area (Å²) in [6.45, 7) is 2.27. The Hall–Kier alpha value is -0.890. The van der Waals surface area contributed by atoms with E-state index in [0.29, 0.717) is 6.54 Å². The molecule has 0 aliphatic heterocycles. The van der Waals surface area contributed by atoms with Crippen molar-refractivity contribution in [2.75, 3.05) is 6.54 Å². The van der Waals surface area contributed by atoms with Crippen molar-refractivity contribution in [2.24, 2.45) is 5.73 Å². The summed E-state index contributed by atoms with van der Waals surface area (Å²) in [5.41, 5.74) is 7.23. The van der Waals surface area contributed by atoms with Crippen molar-refractivity contribution in [1.29, 1.82) is 0 Å². The summed E-state index contributed by atoms with van der Waals surface area (Å²) in [6, 6.07) is 3.72. The van der Waals surface area contributed by atoms with Gasteiger partial charge in [-0.05, 0) is 37.6 Å². The summed E-state index contributed by atoms with van der Waals surface area (Å²) >= 11 is 0. The van der Waals surface area contributed by atoms with E-state index in [1.807, 2.05) is 19.1 Å². The van der Waals surface area contributed by atoms with E-state index in [0.717, 1.165) is 11.3 Å². The summed E-state index contributed by atoms with van der Waals surface area (Å²) in [4.78, 5) is 4.03. The third kappa shape index (κ3) is 1.81. The van der Waals surface area contributed by atoms with Crippen LogP contribution in [0.4, 0.5) is 0 Å². The Morgan fingerprint density at radius 1 is 1.80 bits per heavy atom. The molecule has 1 unspecified atom stereocenters. The van der Waals surface area contributed by atoms with Gasteiger partial charge in [0, 0.05) is 13.3 Å². The van der Waals surface area contributed by atoms with Crippen LogP contribution in [0.25, 0.3) is 0 Å². The van der Waals surface area contributed by atoms with Gasteiger partial charge in [-0.15, -0.1) is 0 Å². The van der Waals surface area contributed by atoms with E-state index in [2.05, 4.69) is 4.98 Å². The van der Waals surface area contributed by atoms with Crippen molar-refractivity contribution < 1.29 is 1.37 Å². The van der Waals surface area contributed by atoms with Crippen LogP contribution < -0.4 is 5.73 Å². The Morgan fingerprint density at radius 2 is 2.60 bits per heavy atom. The average Bonchev–Trinajstić information content (AvgIpc) is 2.03. The summed E-state index contributed by atoms with van der Waals surface area (Å²) in [6.07, 6.45) is 1.40. The van der Waals surface area contributed by atoms with Crippen LogP contribution in [0.2, 0.25) is 0 Å². The fraction of sp³-hybridized carbons (Fsp3) is 0.375. The zero-order valence-corrected chi connectivity index (χ0v) is 6.04. The predicted octanol–water partition coefficient (Wildman–Crippen LogP) is 0.891. The quantitative estimate of drug-likeness (QED) is 0.657. The highest BCUT2D eigenvalue weighted by molar-refractivity contribution is 5.15. The molecule has 1 atom stereocenters. The molecule has 0 aliphatic rings. The molecule has 2 N–H and O–H groups in total. The molecule has 0 saturated heterocycles. The van der Waals surface area contributed by atoms with E-state index in [4.69, 9.17) is 7.10 Å². The molecule has 10 heavy (non-hydrogen) atoms. The largest absolute Gasteiger partial charge is 0.330 e. The van der Waals surface area contributed by atoms with Crippen LogP contribution in [0.1, 0.15) is 12.6 Å². The maximum absolute atomic E-state index is 7.51. The molecule has 0 bridgehead atoms. The predicted molar refractivity (Wildman–Crippen MR) is 41.7 cm³/mol. The van der Waals surface area contributed by atoms with Crippen LogP contribution in [0, 0.1) is 6.92 Å². The first-order chi connectivity index (χ1) is 5.24. The molecule has 1 rings (SSSR count). The third-order valence-corrected chi connectivity index (χ3v) is 1.27. The standard InChI is InChI=1S/C8H12N2/c1-7-6-8(2-4-9)3-5-10-7/h3,5-6H,2,4,9H2,1H3/i2D. The second-order valence-electron chi connectivity index (χ2n) is 2.17. The van der Waals surface area contributed by atoms with Crippen molar-refractivity contribution in [3.05, 3.63) is 29.6 Å². The molecule has 2 heteroatoms. The monoisotopic (exact) mass is 137 g/mol. The molecule has 1 aromatic heterocycles. The minimum absolute atomic E-state index is 0.309. The van der Waals surface area contributed by atoms with Gasteiger partial charge in [0.25, 0.3) is 0 Å². The molecule has 0 aromatic carbocycles. The van der Waals surface area contributed by atoms with E-state index in [1.54, 1.807) is 6.20 Å². The minimum Gasteiger partial charge on any atom is -0.330 e. The van der Waals surface area contributed by atoms with Gasteiger partial charge in [0.05, 0.1) is 0 Å². The summed E-state index contributed by atoms with van der Waals surface area (Å²) in [7, 11) is 0. The van der Waals surface area contributed by atoms with Gasteiger partial charge in [0.15, 0.2) is 0 Å². The summed E-state index contributed by atoms with van der Waals surface area (Å²) in [5.74, 6) is 0. The first-order valence-corrected chi connectivity index (χ1v) is 3.29. The van der Waals surface area contributed by atoms with Gasteiger partial charge in [-0.1, -0.05) is 0 Å². The Labute approximate surface area is 62.5 Å². The van der Waals surface area contributed by atoms with Gasteiger partial charge in [-0.25, -0.2) is 0 Å². The third-order valence-electron chi connectivity index (χ3n) is 1.27. The molecule has 0 amide bonds. The Balaban J connectivity index is 2.86. The Bertz CT molecular complexity index is 237. The van der Waals surface area contributed by atoms with E-state index in [1.165, 1.54) is 0 Å². The first-order valence-electron chi connectivity index (χ1n) is 3.86. The van der Waals surface area contributed by atoms with Crippen LogP contribution in [-0.2, 0) is 6.40 Å². The van der Waals surface area contributed by atoms with Gasteiger partial charge in [-0.2, -0.15) is 0 Å². The lowest BCUT2D eigenvalue weighted by atomic mass is 10.2. The summed E-state index contributed by atoms with van der Waals surface area (Å²) < 4.78 is 7.51. The number of pyridine rings is 1. The topological polar surface area (TPSA) is 38.9 Å². The molecular weight excluding hydrogens is 124 g/mol. The maximum atomic E-state index is 7.51. The fourth-order valence-electron chi connectivity index (χ4n) is 0.831. The van der Waals surface area contributed by atoms with E-state index < -0.39 is 0 Å². The van der Waals surface area contributed by atoms with Crippen molar-refractivity contribution >= 4 is 0 Å². The Kier molecular flexibility index (Phi) is 1.95. The van der Waals surface area contributed by atoms with Crippen LogP contribution in [-0.4, -0.2) is 11.5 Å². The van der Waals surface area contributed by atoms with Crippen LogP contribution in [0.15, 0.2) is 18.3 Å². The highest BCUT2D eigenvalue weighted by Crippen LogP contribution is 1.99. The number of hydrogen-bond donors (Lipinski definition) is 1. The number of aromatic nitrogens is 1. The zero-order valence-electron chi connectivity index (χ0n) is 7.04. The number of nitrogens with zero attached hydrogens (tertiary/aromatic N) is 1. The second kappa shape index (κ2) is 3.32. The normalized spacial score (nSPS) is 14.4. The number of nitrogens with two attached hydrogens (primary N) is 1. The van der Waals surface area contributed by atoms with E-state index in [-0.39, 0.29) is 6.40 Å². The fourth-order valence-corrected chi connectivity index (χ4v) is 0.831. The highest BCUT2D eigenvalue weighted by Gasteiger charge is 1.90. The average molecular weight is 137 g/mol. The lowest BCUT2D eigenvalue weighted by Gasteiger charge is -1.97. The molecule has 0 radical (unpaired) electrons. The van der Waals surface area contributed by atoms with Gasteiger partial charge in [-0.3, -0.25) is 4.98 Å². The lowest BCUT2D eigenvalue weighted by molar-refractivity contribution is 0.958. The SMILES string of the molecule is [2H]C(CN)c1ccnc(C)c1. The lowest BCUT2D eigenvalue weighted by Crippen LogP contribution is -2.02. The van der Waals surface area contributed by atoms with Crippen LogP contribution in [0.5, 0.6) is 0 Å². The van der Waals surface area contributed by atoms with Gasteiger partial charge in [0.1, 0.15) is 0 Å².